The van der Waals surface area contributed by atoms with Gasteiger partial charge >= 0.3 is 0 Å². The van der Waals surface area contributed by atoms with Gasteiger partial charge in [-0.15, -0.1) is 0 Å². The van der Waals surface area contributed by atoms with E-state index in [2.05, 4.69) is 11.4 Å². The Morgan fingerprint density at radius 1 is 1.29 bits per heavy atom. The number of rotatable bonds is 5. The number of nitrogens with zero attached hydrogens (tertiary/aromatic N) is 2. The maximum absolute atomic E-state index is 12.4. The van der Waals surface area contributed by atoms with Crippen molar-refractivity contribution < 1.29 is 14.3 Å². The van der Waals surface area contributed by atoms with Crippen LogP contribution < -0.4 is 14.8 Å². The molecule has 1 aromatic carbocycles. The molecule has 0 radical (unpaired) electrons. The third-order valence-corrected chi connectivity index (χ3v) is 4.68. The number of amides is 1. The zero-order chi connectivity index (χ0) is 17.0. The summed E-state index contributed by atoms with van der Waals surface area (Å²) in [5, 5.41) is 11.9. The van der Waals surface area contributed by atoms with Gasteiger partial charge in [-0.2, -0.15) is 5.26 Å². The number of hydrogen-bond donors (Lipinski definition) is 1. The zero-order valence-electron chi connectivity index (χ0n) is 14.0. The molecule has 128 valence electrons. The molecule has 1 amide bonds. The van der Waals surface area contributed by atoms with E-state index in [0.717, 1.165) is 42.7 Å². The van der Waals surface area contributed by atoms with Gasteiger partial charge in [0.15, 0.2) is 11.5 Å². The summed E-state index contributed by atoms with van der Waals surface area (Å²) < 4.78 is 11.3. The fourth-order valence-electron chi connectivity index (χ4n) is 3.53. The maximum atomic E-state index is 12.4. The van der Waals surface area contributed by atoms with E-state index >= 15 is 0 Å². The molecule has 1 aromatic rings. The van der Waals surface area contributed by atoms with E-state index < -0.39 is 0 Å². The average Bonchev–Trinajstić information content (AvgIpc) is 3.04. The van der Waals surface area contributed by atoms with Gasteiger partial charge in [0.25, 0.3) is 0 Å². The molecule has 1 heterocycles. The summed E-state index contributed by atoms with van der Waals surface area (Å²) in [6.45, 7) is 1.58. The van der Waals surface area contributed by atoms with Crippen molar-refractivity contribution in [2.75, 3.05) is 33.4 Å². The van der Waals surface area contributed by atoms with Crippen LogP contribution in [0.1, 0.15) is 31.2 Å². The molecule has 1 fully saturated rings. The number of likely N-dealkylation sites (N-methyl/N-ethyl adjacent to an activating group) is 1. The molecule has 1 aliphatic carbocycles. The minimum atomic E-state index is -0.347. The maximum Gasteiger partial charge on any atom is 0.234 e. The molecule has 0 unspecified atom stereocenters. The van der Waals surface area contributed by atoms with Crippen molar-refractivity contribution in [3.05, 3.63) is 23.8 Å². The molecule has 0 bridgehead atoms. The summed E-state index contributed by atoms with van der Waals surface area (Å²) >= 11 is 0. The molecule has 0 aromatic heterocycles. The smallest absolute Gasteiger partial charge is 0.234 e. The van der Waals surface area contributed by atoms with Crippen LogP contribution >= 0.6 is 0 Å². The van der Waals surface area contributed by atoms with Crippen molar-refractivity contribution in [2.45, 2.75) is 31.2 Å². The fraction of sp³-hybridized carbons (Fsp3) is 0.556. The first-order valence-corrected chi connectivity index (χ1v) is 8.40. The quantitative estimate of drug-likeness (QED) is 0.834. The first kappa shape index (κ1) is 16.6. The van der Waals surface area contributed by atoms with Gasteiger partial charge in [0.2, 0.25) is 5.91 Å². The molecule has 1 aliphatic heterocycles. The average molecular weight is 329 g/mol. The SMILES string of the molecule is CN(CC#N)CC(=O)NC1(c2ccc3c(c2)OCCO3)CCCC1. The minimum absolute atomic E-state index is 0.0514. The number of fused-ring (bicyclic) bond motifs is 1. The Balaban J connectivity index is 1.78. The van der Waals surface area contributed by atoms with Crippen LogP contribution in [0.2, 0.25) is 0 Å². The monoisotopic (exact) mass is 329 g/mol. The van der Waals surface area contributed by atoms with Crippen LogP contribution in [0.15, 0.2) is 18.2 Å². The number of hydrogen-bond acceptors (Lipinski definition) is 5. The van der Waals surface area contributed by atoms with Gasteiger partial charge in [0, 0.05) is 0 Å². The van der Waals surface area contributed by atoms with E-state index in [9.17, 15) is 4.79 Å². The summed E-state index contributed by atoms with van der Waals surface area (Å²) in [5.74, 6) is 1.46. The second-order valence-corrected chi connectivity index (χ2v) is 6.53. The fourth-order valence-corrected chi connectivity index (χ4v) is 3.53. The van der Waals surface area contributed by atoms with Gasteiger partial charge < -0.3 is 14.8 Å². The molecule has 3 rings (SSSR count). The first-order valence-electron chi connectivity index (χ1n) is 8.40. The van der Waals surface area contributed by atoms with Crippen LogP contribution in [-0.4, -0.2) is 44.2 Å². The first-order chi connectivity index (χ1) is 11.6. The Hall–Kier alpha value is -2.26. The summed E-state index contributed by atoms with van der Waals surface area (Å²) in [4.78, 5) is 14.1. The Bertz CT molecular complexity index is 647. The third kappa shape index (κ3) is 3.46. The third-order valence-electron chi connectivity index (χ3n) is 4.68. The van der Waals surface area contributed by atoms with Crippen LogP contribution in [0.4, 0.5) is 0 Å². The van der Waals surface area contributed by atoms with E-state index in [4.69, 9.17) is 14.7 Å². The number of nitriles is 1. The van der Waals surface area contributed by atoms with Gasteiger partial charge in [-0.1, -0.05) is 18.9 Å². The van der Waals surface area contributed by atoms with Crippen molar-refractivity contribution >= 4 is 5.91 Å². The van der Waals surface area contributed by atoms with Crippen LogP contribution in [0.3, 0.4) is 0 Å². The van der Waals surface area contributed by atoms with Crippen LogP contribution in [0.25, 0.3) is 0 Å². The molecule has 1 saturated carbocycles. The lowest BCUT2D eigenvalue weighted by Crippen LogP contribution is -2.47. The second kappa shape index (κ2) is 7.10. The molecule has 24 heavy (non-hydrogen) atoms. The molecular formula is C18H23N3O3. The molecule has 6 nitrogen and oxygen atoms in total. The largest absolute Gasteiger partial charge is 0.486 e. The van der Waals surface area contributed by atoms with Gasteiger partial charge in [-0.05, 0) is 37.6 Å². The van der Waals surface area contributed by atoms with E-state index in [0.29, 0.717) is 13.2 Å². The Morgan fingerprint density at radius 2 is 2.00 bits per heavy atom. The van der Waals surface area contributed by atoms with E-state index in [1.807, 2.05) is 18.2 Å². The highest BCUT2D eigenvalue weighted by molar-refractivity contribution is 5.79. The standard InChI is InChI=1S/C18H23N3O3/c1-21(9-8-19)13-17(22)20-18(6-2-3-7-18)14-4-5-15-16(12-14)24-11-10-23-15/h4-5,12H,2-3,6-7,9-11,13H2,1H3,(H,20,22). The summed E-state index contributed by atoms with van der Waals surface area (Å²) in [6, 6.07) is 8.01. The minimum Gasteiger partial charge on any atom is -0.486 e. The van der Waals surface area contributed by atoms with Crippen LogP contribution in [-0.2, 0) is 10.3 Å². The number of carbonyl (C=O) groups excluding carboxylic acids is 1. The number of ether oxygens (including phenoxy) is 2. The van der Waals surface area contributed by atoms with Gasteiger partial charge in [0.05, 0.1) is 24.7 Å². The van der Waals surface area contributed by atoms with Crippen LogP contribution in [0.5, 0.6) is 11.5 Å². The van der Waals surface area contributed by atoms with Crippen molar-refractivity contribution in [1.82, 2.24) is 10.2 Å². The predicted molar refractivity (Wildman–Crippen MR) is 88.8 cm³/mol. The highest BCUT2D eigenvalue weighted by Gasteiger charge is 2.37. The Labute approximate surface area is 142 Å². The topological polar surface area (TPSA) is 74.6 Å². The number of carbonyl (C=O) groups is 1. The molecule has 6 heteroatoms. The van der Waals surface area contributed by atoms with Crippen molar-refractivity contribution in [2.24, 2.45) is 0 Å². The van der Waals surface area contributed by atoms with Gasteiger partial charge in [0.1, 0.15) is 13.2 Å². The highest BCUT2D eigenvalue weighted by atomic mass is 16.6. The Kier molecular flexibility index (Phi) is 4.91. The highest BCUT2D eigenvalue weighted by Crippen LogP contribution is 2.42. The molecule has 1 N–H and O–H groups in total. The lowest BCUT2D eigenvalue weighted by molar-refractivity contribution is -0.123. The van der Waals surface area contributed by atoms with Crippen molar-refractivity contribution in [3.8, 4) is 17.6 Å². The molecule has 0 spiro atoms. The van der Waals surface area contributed by atoms with Crippen molar-refractivity contribution in [1.29, 1.82) is 5.26 Å². The Morgan fingerprint density at radius 3 is 2.71 bits per heavy atom. The van der Waals surface area contributed by atoms with Gasteiger partial charge in [-0.25, -0.2) is 0 Å². The summed E-state index contributed by atoms with van der Waals surface area (Å²) in [7, 11) is 1.77. The van der Waals surface area contributed by atoms with Crippen molar-refractivity contribution in [3.63, 3.8) is 0 Å². The summed E-state index contributed by atoms with van der Waals surface area (Å²) in [6.07, 6.45) is 4.01. The number of nitrogens with one attached hydrogen (secondary N) is 1. The van der Waals surface area contributed by atoms with Gasteiger partial charge in [-0.3, -0.25) is 9.69 Å². The van der Waals surface area contributed by atoms with E-state index in [1.165, 1.54) is 0 Å². The van der Waals surface area contributed by atoms with E-state index in [-0.39, 0.29) is 24.5 Å². The molecule has 2 aliphatic rings. The number of benzene rings is 1. The lowest BCUT2D eigenvalue weighted by atomic mass is 9.87. The van der Waals surface area contributed by atoms with Crippen LogP contribution in [0, 0.1) is 11.3 Å². The molecule has 0 atom stereocenters. The summed E-state index contributed by atoms with van der Waals surface area (Å²) in [5.41, 5.74) is 0.723. The van der Waals surface area contributed by atoms with E-state index in [1.54, 1.807) is 11.9 Å². The predicted octanol–water partition coefficient (Wildman–Crippen LogP) is 1.80. The molecular weight excluding hydrogens is 306 g/mol. The normalized spacial score (nSPS) is 18.2. The second-order valence-electron chi connectivity index (χ2n) is 6.53. The molecule has 0 saturated heterocycles. The lowest BCUT2D eigenvalue weighted by Gasteiger charge is -2.32. The zero-order valence-corrected chi connectivity index (χ0v) is 14.0.